The molecule has 0 radical (unpaired) electrons. The van der Waals surface area contributed by atoms with Crippen molar-refractivity contribution < 1.29 is 15.0 Å². The number of aliphatic carboxylic acids is 1. The predicted molar refractivity (Wildman–Crippen MR) is 78.6 cm³/mol. The quantitative estimate of drug-likeness (QED) is 0.898. The van der Waals surface area contributed by atoms with Gasteiger partial charge in [0.25, 0.3) is 0 Å². The molecule has 2 unspecified atom stereocenters. The summed E-state index contributed by atoms with van der Waals surface area (Å²) in [4.78, 5) is 11.8. The van der Waals surface area contributed by atoms with Gasteiger partial charge in [0.1, 0.15) is 0 Å². The first-order valence-corrected chi connectivity index (χ1v) is 7.40. The van der Waals surface area contributed by atoms with Gasteiger partial charge in [0, 0.05) is 15.7 Å². The van der Waals surface area contributed by atoms with Crippen molar-refractivity contribution in [3.05, 3.63) is 39.3 Å². The van der Waals surface area contributed by atoms with Crippen molar-refractivity contribution in [3.8, 4) is 0 Å². The zero-order chi connectivity index (χ0) is 14.0. The Balaban J connectivity index is 2.27. The lowest BCUT2D eigenvalue weighted by molar-refractivity contribution is -0.138. The molecule has 1 aromatic rings. The molecule has 1 aliphatic heterocycles. The highest BCUT2D eigenvalue weighted by atomic mass is 35.5. The fourth-order valence-corrected chi connectivity index (χ4v) is 3.23. The maximum Gasteiger partial charge on any atom is 0.310 e. The van der Waals surface area contributed by atoms with Crippen LogP contribution in [0.25, 0.3) is 6.08 Å². The van der Waals surface area contributed by atoms with Gasteiger partial charge in [-0.2, -0.15) is 0 Å². The van der Waals surface area contributed by atoms with Gasteiger partial charge in [-0.3, -0.25) is 4.79 Å². The third-order valence-electron chi connectivity index (χ3n) is 3.18. The fourth-order valence-electron chi connectivity index (χ4n) is 1.89. The first-order valence-electron chi connectivity index (χ1n) is 6.03. The number of hydrogen-bond donors (Lipinski definition) is 2. The van der Waals surface area contributed by atoms with E-state index in [2.05, 4.69) is 0 Å². The second-order valence-corrected chi connectivity index (χ2v) is 6.12. The summed E-state index contributed by atoms with van der Waals surface area (Å²) >= 11 is 7.80. The Morgan fingerprint density at radius 3 is 2.84 bits per heavy atom. The topological polar surface area (TPSA) is 57.5 Å². The van der Waals surface area contributed by atoms with Crippen LogP contribution in [0.3, 0.4) is 0 Å². The molecule has 0 aliphatic carbocycles. The van der Waals surface area contributed by atoms with Crippen molar-refractivity contribution in [2.75, 3.05) is 5.75 Å². The van der Waals surface area contributed by atoms with Gasteiger partial charge in [-0.1, -0.05) is 23.7 Å². The van der Waals surface area contributed by atoms with Gasteiger partial charge in [-0.15, -0.1) is 11.8 Å². The van der Waals surface area contributed by atoms with Gasteiger partial charge in [-0.05, 0) is 36.6 Å². The van der Waals surface area contributed by atoms with Crippen molar-refractivity contribution in [2.24, 2.45) is 0 Å². The number of carboxylic acids is 1. The van der Waals surface area contributed by atoms with Gasteiger partial charge in [-0.25, -0.2) is 0 Å². The summed E-state index contributed by atoms with van der Waals surface area (Å²) in [5, 5.41) is 19.2. The average Bonchev–Trinajstić information content (AvgIpc) is 2.76. The molecule has 1 heterocycles. The van der Waals surface area contributed by atoms with Gasteiger partial charge in [0.05, 0.1) is 12.0 Å². The maximum atomic E-state index is 10.9. The monoisotopic (exact) mass is 298 g/mol. The molecule has 1 saturated heterocycles. The van der Waals surface area contributed by atoms with E-state index in [-0.39, 0.29) is 0 Å². The van der Waals surface area contributed by atoms with Gasteiger partial charge < -0.3 is 10.2 Å². The van der Waals surface area contributed by atoms with Crippen LogP contribution < -0.4 is 0 Å². The fraction of sp³-hybridized carbons (Fsp3) is 0.357. The first kappa shape index (κ1) is 14.4. The third-order valence-corrected chi connectivity index (χ3v) is 4.67. The zero-order valence-corrected chi connectivity index (χ0v) is 12.0. The lowest BCUT2D eigenvalue weighted by Crippen LogP contribution is -2.07. The third kappa shape index (κ3) is 3.32. The second-order valence-electron chi connectivity index (χ2n) is 4.54. The minimum atomic E-state index is -0.871. The van der Waals surface area contributed by atoms with E-state index < -0.39 is 18.0 Å². The van der Waals surface area contributed by atoms with Crippen LogP contribution >= 0.6 is 23.4 Å². The molecule has 19 heavy (non-hydrogen) atoms. The molecule has 1 aromatic carbocycles. The number of hydrogen-bond acceptors (Lipinski definition) is 3. The summed E-state index contributed by atoms with van der Waals surface area (Å²) in [5.41, 5.74) is 1.49. The molecule has 2 rings (SSSR count). The molecule has 1 aliphatic rings. The molecule has 3 nitrogen and oxygen atoms in total. The second kappa shape index (κ2) is 5.99. The van der Waals surface area contributed by atoms with Crippen LogP contribution in [0.1, 0.15) is 30.4 Å². The van der Waals surface area contributed by atoms with E-state index in [9.17, 15) is 9.90 Å². The molecule has 0 aromatic heterocycles. The molecule has 1 fully saturated rings. The Morgan fingerprint density at radius 2 is 2.32 bits per heavy atom. The minimum absolute atomic E-state index is 0.404. The molecule has 2 atom stereocenters. The molecule has 0 saturated carbocycles. The lowest BCUT2D eigenvalue weighted by Gasteiger charge is -2.09. The number of thioether (sulfide) groups is 1. The molecule has 2 N–H and O–H groups in total. The summed E-state index contributed by atoms with van der Waals surface area (Å²) in [7, 11) is 0. The normalized spacial score (nSPS) is 22.7. The Hall–Kier alpha value is -0.970. The molecular formula is C14H15ClO3S. The van der Waals surface area contributed by atoms with E-state index in [1.54, 1.807) is 36.9 Å². The number of halogens is 1. The molecule has 0 amide bonds. The smallest absolute Gasteiger partial charge is 0.310 e. The van der Waals surface area contributed by atoms with Crippen LogP contribution in [0.2, 0.25) is 5.02 Å². The van der Waals surface area contributed by atoms with Crippen LogP contribution in [0, 0.1) is 0 Å². The highest BCUT2D eigenvalue weighted by Gasteiger charge is 2.19. The SMILES string of the molecule is CC(C(=O)O)c1ccc(C=C2SCCC2O)c(Cl)c1. The standard InChI is InChI=1S/C14H15ClO3S/c1-8(14(17)18)9-2-3-10(11(15)6-9)7-13-12(16)4-5-19-13/h2-3,6-8,12,16H,4-5H2,1H3,(H,17,18). The van der Waals surface area contributed by atoms with Crippen molar-refractivity contribution in [1.29, 1.82) is 0 Å². The minimum Gasteiger partial charge on any atom is -0.481 e. The first-order chi connectivity index (χ1) is 8.99. The summed E-state index contributed by atoms with van der Waals surface area (Å²) < 4.78 is 0. The van der Waals surface area contributed by atoms with Crippen molar-refractivity contribution in [2.45, 2.75) is 25.4 Å². The van der Waals surface area contributed by atoms with E-state index in [0.717, 1.165) is 22.6 Å². The summed E-state index contributed by atoms with van der Waals surface area (Å²) in [6.07, 6.45) is 2.24. The maximum absolute atomic E-state index is 10.9. The lowest BCUT2D eigenvalue weighted by atomic mass is 10.00. The van der Waals surface area contributed by atoms with E-state index in [4.69, 9.17) is 16.7 Å². The Labute approximate surface area is 121 Å². The Bertz CT molecular complexity index is 527. The number of benzene rings is 1. The van der Waals surface area contributed by atoms with Crippen molar-refractivity contribution >= 4 is 35.4 Å². The largest absolute Gasteiger partial charge is 0.481 e. The van der Waals surface area contributed by atoms with Gasteiger partial charge >= 0.3 is 5.97 Å². The summed E-state index contributed by atoms with van der Waals surface area (Å²) in [6, 6.07) is 5.25. The van der Waals surface area contributed by atoms with Crippen LogP contribution in [0.4, 0.5) is 0 Å². The van der Waals surface area contributed by atoms with Crippen molar-refractivity contribution in [3.63, 3.8) is 0 Å². The van der Waals surface area contributed by atoms with Gasteiger partial charge in [0.2, 0.25) is 0 Å². The number of aliphatic hydroxyl groups is 1. The average molecular weight is 299 g/mol. The van der Waals surface area contributed by atoms with Crippen LogP contribution in [0.15, 0.2) is 23.1 Å². The number of aliphatic hydroxyl groups excluding tert-OH is 1. The molecule has 5 heteroatoms. The van der Waals surface area contributed by atoms with Crippen LogP contribution in [0.5, 0.6) is 0 Å². The van der Waals surface area contributed by atoms with Crippen LogP contribution in [-0.2, 0) is 4.79 Å². The predicted octanol–water partition coefficient (Wildman–Crippen LogP) is 3.37. The highest BCUT2D eigenvalue weighted by molar-refractivity contribution is 8.03. The van der Waals surface area contributed by atoms with E-state index in [1.165, 1.54) is 0 Å². The summed E-state index contributed by atoms with van der Waals surface area (Å²) in [6.45, 7) is 1.63. The van der Waals surface area contributed by atoms with E-state index >= 15 is 0 Å². The highest BCUT2D eigenvalue weighted by Crippen LogP contribution is 2.34. The molecule has 0 bridgehead atoms. The molecule has 0 spiro atoms. The Kier molecular flexibility index (Phi) is 4.55. The summed E-state index contributed by atoms with van der Waals surface area (Å²) in [5.74, 6) is -0.534. The number of carboxylic acid groups (broad SMARTS) is 1. The van der Waals surface area contributed by atoms with Crippen LogP contribution in [-0.4, -0.2) is 28.0 Å². The van der Waals surface area contributed by atoms with Gasteiger partial charge in [0.15, 0.2) is 0 Å². The molecule has 102 valence electrons. The van der Waals surface area contributed by atoms with E-state index in [1.807, 2.05) is 6.08 Å². The van der Waals surface area contributed by atoms with E-state index in [0.29, 0.717) is 10.6 Å². The number of carbonyl (C=O) groups is 1. The zero-order valence-electron chi connectivity index (χ0n) is 10.5. The molecular weight excluding hydrogens is 284 g/mol. The number of rotatable bonds is 3. The van der Waals surface area contributed by atoms with Crippen molar-refractivity contribution in [1.82, 2.24) is 0 Å². The Morgan fingerprint density at radius 1 is 1.58 bits per heavy atom.